The summed E-state index contributed by atoms with van der Waals surface area (Å²) in [5.41, 5.74) is 0. The Morgan fingerprint density at radius 2 is 1.60 bits per heavy atom. The van der Waals surface area contributed by atoms with Crippen LogP contribution in [0.3, 0.4) is 0 Å². The van der Waals surface area contributed by atoms with Crippen molar-refractivity contribution in [3.05, 3.63) is 25.3 Å². The van der Waals surface area contributed by atoms with Crippen LogP contribution < -0.4 is 0 Å². The Bertz CT molecular complexity index is 283. The number of hydrogen-bond acceptors (Lipinski definition) is 5. The van der Waals surface area contributed by atoms with Gasteiger partial charge in [-0.15, -0.1) is 6.58 Å². The Hall–Kier alpha value is -0.736. The fourth-order valence-corrected chi connectivity index (χ4v) is 3.55. The maximum Gasteiger partial charge on any atom is 0.330 e. The van der Waals surface area contributed by atoms with Gasteiger partial charge in [0.15, 0.2) is 9.76 Å². The number of ether oxygens (including phenoxy) is 1. The minimum absolute atomic E-state index is 0.340. The Morgan fingerprint density at radius 3 is 1.96 bits per heavy atom. The van der Waals surface area contributed by atoms with Crippen molar-refractivity contribution in [2.45, 2.75) is 59.5 Å². The lowest BCUT2D eigenvalue weighted by atomic mass is 10.5. The van der Waals surface area contributed by atoms with E-state index in [9.17, 15) is 4.79 Å². The van der Waals surface area contributed by atoms with E-state index in [4.69, 9.17) is 18.0 Å². The highest BCUT2D eigenvalue weighted by Gasteiger charge is 2.06. The average molecular weight is 393 g/mol. The average Bonchev–Trinajstić information content (AvgIpc) is 2.64. The molecule has 7 heteroatoms. The third kappa shape index (κ3) is 31.5. The zero-order chi connectivity index (χ0) is 19.8. The summed E-state index contributed by atoms with van der Waals surface area (Å²) in [5.74, 6) is -0.340. The van der Waals surface area contributed by atoms with Gasteiger partial charge in [-0.3, -0.25) is 0 Å². The molecule has 0 heterocycles. The second kappa shape index (κ2) is 28.1. The summed E-state index contributed by atoms with van der Waals surface area (Å²) in [5, 5.41) is 0. The van der Waals surface area contributed by atoms with E-state index in [-0.39, 0.29) is 15.7 Å². The van der Waals surface area contributed by atoms with E-state index in [1.54, 1.807) is 0 Å². The van der Waals surface area contributed by atoms with Crippen LogP contribution in [0.15, 0.2) is 25.3 Å². The lowest BCUT2D eigenvalue weighted by Gasteiger charge is -2.11. The van der Waals surface area contributed by atoms with Gasteiger partial charge in [0, 0.05) is 25.9 Å². The minimum atomic E-state index is -1.21. The van der Waals surface area contributed by atoms with Crippen molar-refractivity contribution >= 4 is 25.0 Å². The number of hydrogen-bond donors (Lipinski definition) is 0. The van der Waals surface area contributed by atoms with Crippen molar-refractivity contribution in [2.24, 2.45) is 0 Å². The Morgan fingerprint density at radius 1 is 1.04 bits per heavy atom. The van der Waals surface area contributed by atoms with E-state index < -0.39 is 9.28 Å². The Labute approximate surface area is 159 Å². The fourth-order valence-electron chi connectivity index (χ4n) is 1.34. The number of carbonyl (C=O) groups excluding carboxylic acids is 1. The molecule has 0 rings (SSSR count). The van der Waals surface area contributed by atoms with Gasteiger partial charge in [0.2, 0.25) is 0 Å². The lowest BCUT2D eigenvalue weighted by Crippen LogP contribution is -2.21. The first-order valence-corrected chi connectivity index (χ1v) is 12.6. The summed E-state index contributed by atoms with van der Waals surface area (Å²) in [6.45, 7) is 19.8. The van der Waals surface area contributed by atoms with Crippen molar-refractivity contribution in [1.82, 2.24) is 0 Å². The van der Waals surface area contributed by atoms with E-state index in [1.165, 1.54) is 6.08 Å². The van der Waals surface area contributed by atoms with Crippen LogP contribution in [0.2, 0.25) is 12.1 Å². The van der Waals surface area contributed by atoms with Crippen LogP contribution in [0, 0.1) is 0 Å². The topological polar surface area (TPSA) is 54.0 Å². The zero-order valence-electron chi connectivity index (χ0n) is 17.1. The third-order valence-corrected chi connectivity index (χ3v) is 6.19. The molecule has 0 fully saturated rings. The molecule has 0 saturated carbocycles. The van der Waals surface area contributed by atoms with E-state index in [2.05, 4.69) is 27.0 Å². The SMILES string of the molecule is C=CC(=O)OCCC[SiH2]OCC.C=CCC.CCO[SiH](CC)OCC. The molecule has 5 nitrogen and oxygen atoms in total. The molecule has 0 radical (unpaired) electrons. The van der Waals surface area contributed by atoms with Crippen molar-refractivity contribution in [3.63, 3.8) is 0 Å². The first kappa shape index (κ1) is 29.0. The van der Waals surface area contributed by atoms with Gasteiger partial charge in [0.25, 0.3) is 0 Å². The summed E-state index contributed by atoms with van der Waals surface area (Å²) in [6.07, 6.45) is 5.05. The maximum atomic E-state index is 10.5. The van der Waals surface area contributed by atoms with Gasteiger partial charge < -0.3 is 18.0 Å². The van der Waals surface area contributed by atoms with Gasteiger partial charge in [-0.1, -0.05) is 26.5 Å². The van der Waals surface area contributed by atoms with Crippen molar-refractivity contribution < 1.29 is 22.8 Å². The van der Waals surface area contributed by atoms with Gasteiger partial charge >= 0.3 is 15.3 Å². The van der Waals surface area contributed by atoms with Crippen LogP contribution >= 0.6 is 0 Å². The highest BCUT2D eigenvalue weighted by molar-refractivity contribution is 6.44. The minimum Gasteiger partial charge on any atom is -0.463 e. The smallest absolute Gasteiger partial charge is 0.330 e. The van der Waals surface area contributed by atoms with E-state index in [1.807, 2.05) is 26.8 Å². The molecule has 0 amide bonds. The molecule has 0 unspecified atom stereocenters. The number of carbonyl (C=O) groups is 1. The van der Waals surface area contributed by atoms with Gasteiger partial charge in [0.1, 0.15) is 0 Å². The monoisotopic (exact) mass is 392 g/mol. The maximum absolute atomic E-state index is 10.5. The summed E-state index contributed by atoms with van der Waals surface area (Å²) >= 11 is 0. The van der Waals surface area contributed by atoms with Gasteiger partial charge in [0.05, 0.1) is 6.61 Å². The normalized spacial score (nSPS) is 9.84. The molecule has 0 aliphatic carbocycles. The van der Waals surface area contributed by atoms with Crippen LogP contribution in [0.4, 0.5) is 0 Å². The van der Waals surface area contributed by atoms with E-state index in [0.717, 1.165) is 44.8 Å². The summed E-state index contributed by atoms with van der Waals surface area (Å²) in [7, 11) is -1.57. The lowest BCUT2D eigenvalue weighted by molar-refractivity contribution is -0.137. The molecule has 0 N–H and O–H groups in total. The molecule has 0 aromatic carbocycles. The molecule has 0 atom stereocenters. The van der Waals surface area contributed by atoms with Crippen LogP contribution in [0.5, 0.6) is 0 Å². The van der Waals surface area contributed by atoms with Crippen molar-refractivity contribution in [2.75, 3.05) is 26.4 Å². The number of rotatable bonds is 13. The summed E-state index contributed by atoms with van der Waals surface area (Å²) in [4.78, 5) is 10.5. The Kier molecular flexibility index (Phi) is 32.6. The standard InChI is InChI=1S/C8H16O3Si.C6H16O2Si.C4H8/c1-3-8(9)10-6-5-7-12-11-4-2;1-4-7-9(6-3)8-5-2;1-3-4-2/h3H,1,4-7,12H2,2H3;9H,4-6H2,1-3H3;3H,1,4H2,2H3. The molecule has 0 aromatic heterocycles. The predicted octanol–water partition coefficient (Wildman–Crippen LogP) is 3.53. The number of allylic oxidation sites excluding steroid dienone is 1. The second-order valence-electron chi connectivity index (χ2n) is 4.72. The first-order valence-electron chi connectivity index (χ1n) is 9.28. The molecular formula is C18H40O5Si2. The van der Waals surface area contributed by atoms with Crippen LogP contribution in [-0.4, -0.2) is 51.4 Å². The summed E-state index contributed by atoms with van der Waals surface area (Å²) in [6, 6.07) is 2.14. The molecule has 0 aliphatic rings. The van der Waals surface area contributed by atoms with Crippen molar-refractivity contribution in [1.29, 1.82) is 0 Å². The number of esters is 1. The first-order chi connectivity index (χ1) is 12.1. The molecule has 0 spiro atoms. The second-order valence-corrected chi connectivity index (χ2v) is 8.59. The quantitative estimate of drug-likeness (QED) is 0.158. The molecule has 150 valence electrons. The van der Waals surface area contributed by atoms with Crippen LogP contribution in [0.25, 0.3) is 0 Å². The van der Waals surface area contributed by atoms with E-state index in [0.29, 0.717) is 6.61 Å². The highest BCUT2D eigenvalue weighted by Crippen LogP contribution is 1.94. The highest BCUT2D eigenvalue weighted by atomic mass is 28.3. The Balaban J connectivity index is -0.000000328. The van der Waals surface area contributed by atoms with Gasteiger partial charge in [-0.25, -0.2) is 4.79 Å². The predicted molar refractivity (Wildman–Crippen MR) is 112 cm³/mol. The largest absolute Gasteiger partial charge is 0.463 e. The van der Waals surface area contributed by atoms with E-state index >= 15 is 0 Å². The molecule has 25 heavy (non-hydrogen) atoms. The summed E-state index contributed by atoms with van der Waals surface area (Å²) < 4.78 is 20.7. The van der Waals surface area contributed by atoms with Gasteiger partial charge in [-0.2, -0.15) is 0 Å². The van der Waals surface area contributed by atoms with Gasteiger partial charge in [-0.05, 0) is 45.7 Å². The zero-order valence-corrected chi connectivity index (χ0v) is 19.6. The fraction of sp³-hybridized carbons (Fsp3) is 0.722. The molecule has 0 bridgehead atoms. The molecule has 0 aliphatic heterocycles. The molecule has 0 saturated heterocycles. The van der Waals surface area contributed by atoms with Crippen LogP contribution in [0.1, 0.15) is 47.5 Å². The molecular weight excluding hydrogens is 352 g/mol. The van der Waals surface area contributed by atoms with Crippen LogP contribution in [-0.2, 0) is 22.8 Å². The third-order valence-electron chi connectivity index (χ3n) is 2.63. The van der Waals surface area contributed by atoms with Crippen molar-refractivity contribution in [3.8, 4) is 0 Å². The molecule has 0 aromatic rings.